The molecule has 2 fully saturated rings. The van der Waals surface area contributed by atoms with Gasteiger partial charge in [0.15, 0.2) is 0 Å². The van der Waals surface area contributed by atoms with Crippen LogP contribution in [-0.2, 0) is 0 Å². The maximum atomic E-state index is 3.90. The summed E-state index contributed by atoms with van der Waals surface area (Å²) in [6.45, 7) is 15.1. The number of hydrogen-bond acceptors (Lipinski definition) is 2. The van der Waals surface area contributed by atoms with E-state index in [-0.39, 0.29) is 0 Å². The van der Waals surface area contributed by atoms with Crippen LogP contribution in [-0.4, -0.2) is 35.6 Å². The average Bonchev–Trinajstić information content (AvgIpc) is 3.23. The molecule has 0 amide bonds. The topological polar surface area (TPSA) is 15.3 Å². The summed E-state index contributed by atoms with van der Waals surface area (Å²) in [4.78, 5) is 2.77. The van der Waals surface area contributed by atoms with Crippen molar-refractivity contribution in [1.29, 1.82) is 0 Å². The Hall–Kier alpha value is -0.340. The minimum absolute atomic E-state index is 0.337. The largest absolute Gasteiger partial charge is 0.308 e. The van der Waals surface area contributed by atoms with Gasteiger partial charge in [0.2, 0.25) is 0 Å². The standard InChI is InChI=1S/C17H32N2/c1-6-17(7-2)13-19(11-10-14(3)4)16(5,12-18-17)15-8-9-15/h10,15,18H,6-9,11-13H2,1-5H3. The lowest BCUT2D eigenvalue weighted by atomic mass is 9.82. The molecule has 1 N–H and O–H groups in total. The monoisotopic (exact) mass is 264 g/mol. The summed E-state index contributed by atoms with van der Waals surface area (Å²) in [5, 5.41) is 3.90. The van der Waals surface area contributed by atoms with E-state index in [1.165, 1.54) is 37.8 Å². The predicted octanol–water partition coefficient (Wildman–Crippen LogP) is 3.59. The number of nitrogens with zero attached hydrogens (tertiary/aromatic N) is 1. The fourth-order valence-electron chi connectivity index (χ4n) is 3.48. The van der Waals surface area contributed by atoms with Crippen LogP contribution in [0.25, 0.3) is 0 Å². The van der Waals surface area contributed by atoms with Gasteiger partial charge in [-0.3, -0.25) is 4.90 Å². The van der Waals surface area contributed by atoms with Gasteiger partial charge in [-0.2, -0.15) is 0 Å². The molecule has 1 atom stereocenters. The van der Waals surface area contributed by atoms with E-state index in [1.807, 2.05) is 0 Å². The van der Waals surface area contributed by atoms with Crippen molar-refractivity contribution < 1.29 is 0 Å². The Morgan fingerprint density at radius 3 is 2.37 bits per heavy atom. The highest BCUT2D eigenvalue weighted by Crippen LogP contribution is 2.45. The minimum atomic E-state index is 0.337. The first-order valence-corrected chi connectivity index (χ1v) is 8.09. The van der Waals surface area contributed by atoms with Crippen LogP contribution in [0.15, 0.2) is 11.6 Å². The van der Waals surface area contributed by atoms with Gasteiger partial charge in [-0.15, -0.1) is 0 Å². The summed E-state index contributed by atoms with van der Waals surface area (Å²) in [7, 11) is 0. The first-order valence-electron chi connectivity index (χ1n) is 8.09. The Labute approximate surface area is 119 Å². The Balaban J connectivity index is 2.16. The van der Waals surface area contributed by atoms with Crippen LogP contribution >= 0.6 is 0 Å². The lowest BCUT2D eigenvalue weighted by Crippen LogP contribution is -2.69. The van der Waals surface area contributed by atoms with E-state index >= 15 is 0 Å². The summed E-state index contributed by atoms with van der Waals surface area (Å²) in [5.74, 6) is 0.914. The van der Waals surface area contributed by atoms with E-state index < -0.39 is 0 Å². The molecule has 0 aromatic rings. The Bertz CT molecular complexity index is 335. The maximum Gasteiger partial charge on any atom is 0.0338 e. The second-order valence-corrected chi connectivity index (χ2v) is 7.13. The number of rotatable bonds is 5. The molecule has 1 saturated carbocycles. The van der Waals surface area contributed by atoms with Crippen molar-refractivity contribution in [3.8, 4) is 0 Å². The molecular formula is C17H32N2. The quantitative estimate of drug-likeness (QED) is 0.764. The SMILES string of the molecule is CCC1(CC)CN(CC=C(C)C)C(C)(C2CC2)CN1. The molecule has 2 aliphatic rings. The minimum Gasteiger partial charge on any atom is -0.308 e. The van der Waals surface area contributed by atoms with Gasteiger partial charge in [0.05, 0.1) is 0 Å². The third-order valence-corrected chi connectivity index (χ3v) is 5.57. The molecule has 2 rings (SSSR count). The molecular weight excluding hydrogens is 232 g/mol. The fraction of sp³-hybridized carbons (Fsp3) is 0.882. The molecule has 2 heteroatoms. The van der Waals surface area contributed by atoms with E-state index in [0.29, 0.717) is 11.1 Å². The Kier molecular flexibility index (Phi) is 4.42. The van der Waals surface area contributed by atoms with E-state index in [2.05, 4.69) is 50.9 Å². The summed E-state index contributed by atoms with van der Waals surface area (Å²) >= 11 is 0. The molecule has 0 spiro atoms. The van der Waals surface area contributed by atoms with Crippen LogP contribution in [0.5, 0.6) is 0 Å². The number of piperazine rings is 1. The molecule has 0 bridgehead atoms. The molecule has 19 heavy (non-hydrogen) atoms. The second-order valence-electron chi connectivity index (χ2n) is 7.13. The third kappa shape index (κ3) is 3.05. The van der Waals surface area contributed by atoms with Crippen molar-refractivity contribution in [2.24, 2.45) is 5.92 Å². The molecule has 0 radical (unpaired) electrons. The van der Waals surface area contributed by atoms with E-state index in [0.717, 1.165) is 19.0 Å². The van der Waals surface area contributed by atoms with Crippen molar-refractivity contribution in [1.82, 2.24) is 10.2 Å². The Morgan fingerprint density at radius 2 is 1.89 bits per heavy atom. The average molecular weight is 264 g/mol. The normalized spacial score (nSPS) is 31.2. The van der Waals surface area contributed by atoms with Crippen molar-refractivity contribution >= 4 is 0 Å². The second kappa shape index (κ2) is 5.57. The zero-order valence-corrected chi connectivity index (χ0v) is 13.6. The predicted molar refractivity (Wildman–Crippen MR) is 83.4 cm³/mol. The molecule has 0 aromatic heterocycles. The van der Waals surface area contributed by atoms with Crippen LogP contribution in [0, 0.1) is 5.92 Å². The van der Waals surface area contributed by atoms with Gasteiger partial charge in [-0.1, -0.05) is 25.5 Å². The van der Waals surface area contributed by atoms with E-state index in [1.54, 1.807) is 0 Å². The van der Waals surface area contributed by atoms with E-state index in [4.69, 9.17) is 0 Å². The van der Waals surface area contributed by atoms with Gasteiger partial charge < -0.3 is 5.32 Å². The molecule has 1 unspecified atom stereocenters. The van der Waals surface area contributed by atoms with E-state index in [9.17, 15) is 0 Å². The fourth-order valence-corrected chi connectivity index (χ4v) is 3.48. The molecule has 0 aromatic carbocycles. The van der Waals surface area contributed by atoms with Crippen molar-refractivity contribution in [2.45, 2.75) is 71.4 Å². The number of nitrogens with one attached hydrogen (secondary N) is 1. The number of allylic oxidation sites excluding steroid dienone is 1. The van der Waals surface area contributed by atoms with Gasteiger partial charge in [0.25, 0.3) is 0 Å². The maximum absolute atomic E-state index is 3.90. The lowest BCUT2D eigenvalue weighted by Gasteiger charge is -2.53. The van der Waals surface area contributed by atoms with Crippen molar-refractivity contribution in [2.75, 3.05) is 19.6 Å². The molecule has 110 valence electrons. The molecule has 1 aliphatic carbocycles. The smallest absolute Gasteiger partial charge is 0.0338 e. The highest BCUT2D eigenvalue weighted by atomic mass is 15.3. The lowest BCUT2D eigenvalue weighted by molar-refractivity contribution is 0.00663. The first kappa shape index (κ1) is 15.1. The van der Waals surface area contributed by atoms with Crippen LogP contribution in [0.4, 0.5) is 0 Å². The Morgan fingerprint density at radius 1 is 1.26 bits per heavy atom. The third-order valence-electron chi connectivity index (χ3n) is 5.57. The van der Waals surface area contributed by atoms with Crippen molar-refractivity contribution in [3.05, 3.63) is 11.6 Å². The summed E-state index contributed by atoms with van der Waals surface area (Å²) in [6.07, 6.45) is 7.72. The molecule has 1 saturated heterocycles. The molecule has 1 heterocycles. The van der Waals surface area contributed by atoms with Gasteiger partial charge >= 0.3 is 0 Å². The highest BCUT2D eigenvalue weighted by molar-refractivity contribution is 5.10. The highest BCUT2D eigenvalue weighted by Gasteiger charge is 2.50. The summed E-state index contributed by atoms with van der Waals surface area (Å²) in [5.41, 5.74) is 2.15. The van der Waals surface area contributed by atoms with Crippen LogP contribution in [0.2, 0.25) is 0 Å². The van der Waals surface area contributed by atoms with Gasteiger partial charge in [0, 0.05) is 30.7 Å². The van der Waals surface area contributed by atoms with Crippen LogP contribution < -0.4 is 5.32 Å². The zero-order valence-electron chi connectivity index (χ0n) is 13.6. The zero-order chi connectivity index (χ0) is 14.1. The van der Waals surface area contributed by atoms with Crippen LogP contribution in [0.3, 0.4) is 0 Å². The first-order chi connectivity index (χ1) is 8.96. The van der Waals surface area contributed by atoms with Gasteiger partial charge in [-0.25, -0.2) is 0 Å². The molecule has 1 aliphatic heterocycles. The van der Waals surface area contributed by atoms with Crippen LogP contribution in [0.1, 0.15) is 60.3 Å². The molecule has 2 nitrogen and oxygen atoms in total. The van der Waals surface area contributed by atoms with Crippen molar-refractivity contribution in [3.63, 3.8) is 0 Å². The summed E-state index contributed by atoms with van der Waals surface area (Å²) in [6, 6.07) is 0. The number of hydrogen-bond donors (Lipinski definition) is 1. The van der Waals surface area contributed by atoms with Gasteiger partial charge in [0.1, 0.15) is 0 Å². The van der Waals surface area contributed by atoms with Gasteiger partial charge in [-0.05, 0) is 52.4 Å². The summed E-state index contributed by atoms with van der Waals surface area (Å²) < 4.78 is 0.